The van der Waals surface area contributed by atoms with Crippen LogP contribution in [0, 0.1) is 9.81 Å². The van der Waals surface area contributed by atoms with Crippen LogP contribution in [0.3, 0.4) is 0 Å². The van der Waals surface area contributed by atoms with E-state index >= 15 is 0 Å². The summed E-state index contributed by atoms with van der Waals surface area (Å²) in [6.45, 7) is 0. The third-order valence-electron chi connectivity index (χ3n) is 0. The van der Waals surface area contributed by atoms with Gasteiger partial charge < -0.3 is 22.7 Å². The fourth-order valence-electron chi connectivity index (χ4n) is 0. The van der Waals surface area contributed by atoms with E-state index in [2.05, 4.69) is 0 Å². The van der Waals surface area contributed by atoms with E-state index in [9.17, 15) is 0 Å². The molecule has 0 aromatic heterocycles. The summed E-state index contributed by atoms with van der Waals surface area (Å²) in [5.74, 6) is 0. The minimum absolute atomic E-state index is 0. The van der Waals surface area contributed by atoms with Crippen LogP contribution < -0.4 is 12.3 Å². The van der Waals surface area contributed by atoms with Crippen molar-refractivity contribution in [3.63, 3.8) is 0 Å². The summed E-state index contributed by atoms with van der Waals surface area (Å²) in [7, 11) is 0. The second-order valence-corrected chi connectivity index (χ2v) is 0.163. The van der Waals surface area contributed by atoms with Crippen LogP contribution in [0.2, 0.25) is 0 Å². The number of hydrogen-bond acceptors (Lipinski definition) is 6. The van der Waals surface area contributed by atoms with Gasteiger partial charge in [0, 0.05) is 19.5 Å². The summed E-state index contributed by atoms with van der Waals surface area (Å²) in [6, 6.07) is 0. The topological polar surface area (TPSA) is 169 Å². The second-order valence-electron chi connectivity index (χ2n) is 0.163. The zero-order valence-corrected chi connectivity index (χ0v) is 7.69. The van der Waals surface area contributed by atoms with E-state index in [-0.39, 0.29) is 31.8 Å². The van der Waals surface area contributed by atoms with Crippen LogP contribution in [-0.2, 0) is 19.5 Å². The zero-order chi connectivity index (χ0) is 5.41. The molecule has 9 heavy (non-hydrogen) atoms. The molecule has 0 saturated carbocycles. The fraction of sp³-hybridized carbons (Fsp3) is 0. The van der Waals surface area contributed by atoms with E-state index in [4.69, 9.17) is 20.2 Å². The molecule has 0 radical (unpaired) electrons. The van der Waals surface area contributed by atoms with Gasteiger partial charge in [0.05, 0.1) is 0 Å². The van der Waals surface area contributed by atoms with Gasteiger partial charge in [-0.25, -0.2) is 0 Å². The van der Waals surface area contributed by atoms with Gasteiger partial charge in [0.2, 0.25) is 0 Å². The van der Waals surface area contributed by atoms with E-state index in [1.165, 1.54) is 10.7 Å². The van der Waals surface area contributed by atoms with Gasteiger partial charge in [0.15, 0.2) is 10.7 Å². The Labute approximate surface area is 63.4 Å². The molecule has 0 rings (SSSR count). The zero-order valence-electron chi connectivity index (χ0n) is 4.73. The molecule has 0 aliphatic heterocycles. The molecule has 0 spiro atoms. The Balaban J connectivity index is -0.00000000889. The molecule has 0 bridgehead atoms. The Bertz CT molecular complexity index is 33.5. The molecule has 0 atom stereocenters. The normalized spacial score (nSPS) is 2.67. The third kappa shape index (κ3) is 486. The van der Waals surface area contributed by atoms with E-state index in [1.54, 1.807) is 0 Å². The number of rotatable bonds is 0. The molecule has 0 fully saturated rings. The number of nitrogens with zero attached hydrogens (tertiary/aromatic N) is 2. The predicted molar refractivity (Wildman–Crippen MR) is 25.2 cm³/mol. The van der Waals surface area contributed by atoms with E-state index in [0.29, 0.717) is 0 Å². The molecule has 54 valence electrons. The van der Waals surface area contributed by atoms with Gasteiger partial charge in [-0.1, -0.05) is 0 Å². The van der Waals surface area contributed by atoms with Crippen LogP contribution in [0.15, 0.2) is 10.7 Å². The molecule has 8 nitrogen and oxygen atoms in total. The monoisotopic (exact) mass is 192 g/mol. The van der Waals surface area contributed by atoms with Crippen molar-refractivity contribution in [2.75, 3.05) is 0 Å². The maximum Gasteiger partial charge on any atom is 0.152 e. The molecular formula is H8N4O4Zn. The Morgan fingerprint density at radius 3 is 0.889 bits per heavy atom. The average molecular weight is 193 g/mol. The Morgan fingerprint density at radius 1 is 0.889 bits per heavy atom. The first-order valence-corrected chi connectivity index (χ1v) is 0.765. The third-order valence-corrected chi connectivity index (χ3v) is 0. The quantitative estimate of drug-likeness (QED) is 0.249. The SMILES string of the molecule is N.N.O=NO.O=NO.[Zn]. The van der Waals surface area contributed by atoms with Gasteiger partial charge in [-0.05, 0) is 0 Å². The first-order valence-electron chi connectivity index (χ1n) is 0.765. The van der Waals surface area contributed by atoms with E-state index < -0.39 is 0 Å². The van der Waals surface area contributed by atoms with E-state index in [0.717, 1.165) is 0 Å². The van der Waals surface area contributed by atoms with Crippen molar-refractivity contribution in [2.24, 2.45) is 10.7 Å². The first kappa shape index (κ1) is 40.2. The molecular weight excluding hydrogens is 185 g/mol. The molecule has 0 aromatic rings. The summed E-state index contributed by atoms with van der Waals surface area (Å²) in [6.07, 6.45) is 0. The Hall–Kier alpha value is -0.657. The van der Waals surface area contributed by atoms with E-state index in [1.807, 2.05) is 0 Å². The van der Waals surface area contributed by atoms with Gasteiger partial charge in [0.1, 0.15) is 0 Å². The average Bonchev–Trinajstić information content (AvgIpc) is 1.39. The molecule has 0 aliphatic carbocycles. The minimum atomic E-state index is 0. The van der Waals surface area contributed by atoms with Crippen LogP contribution in [0.4, 0.5) is 0 Å². The van der Waals surface area contributed by atoms with Gasteiger partial charge in [-0.2, -0.15) is 0 Å². The largest absolute Gasteiger partial charge is 0.379 e. The van der Waals surface area contributed by atoms with Crippen molar-refractivity contribution in [1.29, 1.82) is 0 Å². The Morgan fingerprint density at radius 2 is 0.889 bits per heavy atom. The van der Waals surface area contributed by atoms with Crippen molar-refractivity contribution < 1.29 is 29.9 Å². The molecule has 0 heterocycles. The van der Waals surface area contributed by atoms with Crippen LogP contribution in [0.25, 0.3) is 0 Å². The maximum atomic E-state index is 8.11. The van der Waals surface area contributed by atoms with Gasteiger partial charge >= 0.3 is 0 Å². The van der Waals surface area contributed by atoms with Crippen molar-refractivity contribution in [1.82, 2.24) is 12.3 Å². The summed E-state index contributed by atoms with van der Waals surface area (Å²) in [5, 5.41) is 15.8. The van der Waals surface area contributed by atoms with Gasteiger partial charge in [0.25, 0.3) is 0 Å². The van der Waals surface area contributed by atoms with Gasteiger partial charge in [-0.3, -0.25) is 0 Å². The maximum absolute atomic E-state index is 8.11. The second kappa shape index (κ2) is 164. The van der Waals surface area contributed by atoms with Crippen LogP contribution in [-0.4, -0.2) is 10.4 Å². The van der Waals surface area contributed by atoms with Crippen LogP contribution in [0.5, 0.6) is 0 Å². The molecule has 0 amide bonds. The van der Waals surface area contributed by atoms with Crippen molar-refractivity contribution in [2.45, 2.75) is 0 Å². The molecule has 9 heteroatoms. The summed E-state index contributed by atoms with van der Waals surface area (Å²) >= 11 is 0. The molecule has 0 unspecified atom stereocenters. The van der Waals surface area contributed by atoms with Crippen molar-refractivity contribution in [3.8, 4) is 0 Å². The Kier molecular flexibility index (Phi) is 732. The standard InChI is InChI=1S/2HNO2.2H3N.Zn/c2*2-1-3;;;/h2*(H,2,3);2*1H3;. The number of hydrogen-bond donors (Lipinski definition) is 4. The predicted octanol–water partition coefficient (Wildman–Crippen LogP) is 0.605. The first-order chi connectivity index (χ1) is 2.83. The molecule has 0 aliphatic rings. The minimum Gasteiger partial charge on any atom is -0.379 e. The van der Waals surface area contributed by atoms with Crippen LogP contribution >= 0.6 is 0 Å². The van der Waals surface area contributed by atoms with Crippen LogP contribution in [0.1, 0.15) is 0 Å². The molecule has 0 saturated heterocycles. The fourth-order valence-corrected chi connectivity index (χ4v) is 0. The molecule has 0 aromatic carbocycles. The van der Waals surface area contributed by atoms with Gasteiger partial charge in [-0.15, -0.1) is 9.81 Å². The summed E-state index contributed by atoms with van der Waals surface area (Å²) < 4.78 is 0. The smallest absolute Gasteiger partial charge is 0.152 e. The summed E-state index contributed by atoms with van der Waals surface area (Å²) in [5.41, 5.74) is 0. The molecule has 8 N–H and O–H groups in total. The summed E-state index contributed by atoms with van der Waals surface area (Å²) in [4.78, 5) is 16.2. The van der Waals surface area contributed by atoms with Crippen molar-refractivity contribution in [3.05, 3.63) is 9.81 Å². The van der Waals surface area contributed by atoms with Crippen molar-refractivity contribution >= 4 is 0 Å².